The smallest absolute Gasteiger partial charge is 0.425 e. The van der Waals surface area contributed by atoms with Crippen molar-refractivity contribution in [2.45, 2.75) is 26.1 Å². The van der Waals surface area contributed by atoms with Crippen LogP contribution in [0.5, 0.6) is 5.75 Å². The van der Waals surface area contributed by atoms with E-state index in [0.29, 0.717) is 13.0 Å². The van der Waals surface area contributed by atoms with Crippen molar-refractivity contribution in [3.8, 4) is 17.0 Å². The lowest BCUT2D eigenvalue weighted by Crippen LogP contribution is -2.33. The van der Waals surface area contributed by atoms with E-state index in [9.17, 15) is 22.4 Å². The molecule has 7 nitrogen and oxygen atoms in total. The third-order valence-electron chi connectivity index (χ3n) is 4.02. The van der Waals surface area contributed by atoms with Gasteiger partial charge in [-0.2, -0.15) is 13.2 Å². The second kappa shape index (κ2) is 9.61. The van der Waals surface area contributed by atoms with Crippen LogP contribution in [0.2, 0.25) is 5.02 Å². The summed E-state index contributed by atoms with van der Waals surface area (Å²) in [5, 5.41) is 9.07. The van der Waals surface area contributed by atoms with Crippen LogP contribution in [0.15, 0.2) is 35.7 Å². The van der Waals surface area contributed by atoms with E-state index in [2.05, 4.69) is 10.3 Å². The standard InChI is InChI=1S/C19H17Cl2F4N5O2/c1-7(26)16(17(21)28)30-18(31)11-5-12(22)10(13-3-9(20)4-15(27)29-13)6-14(11)32-8(2)19(23,24)25/h3-6,8,28H,26H2,1-2H3,(H2,27,29)(H,30,31)/b16-7-,28-17?/t8-/m0/s1. The van der Waals surface area contributed by atoms with Gasteiger partial charge in [0.15, 0.2) is 6.10 Å². The van der Waals surface area contributed by atoms with Crippen molar-refractivity contribution >= 4 is 40.1 Å². The molecule has 0 bridgehead atoms. The van der Waals surface area contributed by atoms with Gasteiger partial charge in [0, 0.05) is 16.3 Å². The molecule has 0 unspecified atom stereocenters. The summed E-state index contributed by atoms with van der Waals surface area (Å²) >= 11 is 11.5. The monoisotopic (exact) mass is 493 g/mol. The summed E-state index contributed by atoms with van der Waals surface area (Å²) in [7, 11) is 0. The SMILES string of the molecule is C/C(N)=C(/NC(=O)c1cc(F)c(-c2cc(Cl)cc(N)n2)cc1O[C@@H](C)C(F)(F)F)C(=N)Cl. The molecule has 172 valence electrons. The number of allylic oxidation sites excluding steroid dienone is 2. The van der Waals surface area contributed by atoms with Crippen LogP contribution < -0.4 is 21.5 Å². The summed E-state index contributed by atoms with van der Waals surface area (Å²) in [5.41, 5.74) is 9.79. The van der Waals surface area contributed by atoms with Gasteiger partial charge in [-0.25, -0.2) is 9.37 Å². The lowest BCUT2D eigenvalue weighted by atomic mass is 10.0. The van der Waals surface area contributed by atoms with Gasteiger partial charge in [0.2, 0.25) is 0 Å². The fraction of sp³-hybridized carbons (Fsp3) is 0.211. The van der Waals surface area contributed by atoms with Crippen molar-refractivity contribution in [3.05, 3.63) is 52.1 Å². The molecule has 2 rings (SSSR count). The van der Waals surface area contributed by atoms with E-state index in [1.807, 2.05) is 0 Å². The molecule has 0 aliphatic rings. The van der Waals surface area contributed by atoms with E-state index >= 15 is 0 Å². The van der Waals surface area contributed by atoms with Crippen molar-refractivity contribution < 1.29 is 27.1 Å². The Bertz CT molecular complexity index is 1080. The van der Waals surface area contributed by atoms with Crippen LogP contribution in [0.3, 0.4) is 0 Å². The predicted octanol–water partition coefficient (Wildman–Crippen LogP) is 4.59. The number of aromatic nitrogens is 1. The number of halogens is 6. The van der Waals surface area contributed by atoms with Crippen LogP contribution in [0.4, 0.5) is 23.4 Å². The number of benzene rings is 1. The van der Waals surface area contributed by atoms with Gasteiger partial charge in [0.1, 0.15) is 22.6 Å². The summed E-state index contributed by atoms with van der Waals surface area (Å²) in [6, 6.07) is 4.05. The Labute approximate surface area is 189 Å². The number of amides is 1. The van der Waals surface area contributed by atoms with Gasteiger partial charge in [-0.15, -0.1) is 0 Å². The van der Waals surface area contributed by atoms with Crippen molar-refractivity contribution in [1.29, 1.82) is 5.41 Å². The summed E-state index contributed by atoms with van der Waals surface area (Å²) in [4.78, 5) is 16.6. The second-order valence-electron chi connectivity index (χ2n) is 6.55. The van der Waals surface area contributed by atoms with Crippen molar-refractivity contribution in [2.75, 3.05) is 5.73 Å². The molecule has 1 heterocycles. The number of alkyl halides is 3. The second-order valence-corrected chi connectivity index (χ2v) is 7.37. The Morgan fingerprint density at radius 1 is 1.28 bits per heavy atom. The third kappa shape index (κ3) is 6.01. The molecule has 1 aromatic carbocycles. The number of anilines is 1. The first-order valence-corrected chi connectivity index (χ1v) is 9.48. The normalized spacial score (nSPS) is 13.2. The molecule has 1 atom stereocenters. The number of nitrogens with one attached hydrogen (secondary N) is 2. The Morgan fingerprint density at radius 3 is 2.41 bits per heavy atom. The molecule has 1 amide bonds. The highest BCUT2D eigenvalue weighted by Crippen LogP contribution is 2.34. The number of ether oxygens (including phenoxy) is 1. The molecule has 0 fully saturated rings. The highest BCUT2D eigenvalue weighted by Gasteiger charge is 2.39. The zero-order valence-corrected chi connectivity index (χ0v) is 18.1. The summed E-state index contributed by atoms with van der Waals surface area (Å²) in [6.07, 6.45) is -7.12. The van der Waals surface area contributed by atoms with E-state index in [4.69, 9.17) is 44.8 Å². The molecule has 2 aromatic rings. The van der Waals surface area contributed by atoms with Crippen LogP contribution in [0.1, 0.15) is 24.2 Å². The molecule has 0 saturated carbocycles. The quantitative estimate of drug-likeness (QED) is 0.345. The number of carbonyl (C=O) groups is 1. The minimum Gasteiger partial charge on any atom is -0.480 e. The molecule has 0 aliphatic carbocycles. The van der Waals surface area contributed by atoms with Gasteiger partial charge in [0.05, 0.1) is 17.0 Å². The Morgan fingerprint density at radius 2 is 1.91 bits per heavy atom. The van der Waals surface area contributed by atoms with E-state index in [0.717, 1.165) is 6.07 Å². The molecule has 0 spiro atoms. The first-order chi connectivity index (χ1) is 14.7. The largest absolute Gasteiger partial charge is 0.480 e. The fourth-order valence-corrected chi connectivity index (χ4v) is 2.86. The third-order valence-corrected chi connectivity index (χ3v) is 4.42. The van der Waals surface area contributed by atoms with E-state index in [1.54, 1.807) is 0 Å². The summed E-state index contributed by atoms with van der Waals surface area (Å²) in [6.45, 7) is 2.04. The highest BCUT2D eigenvalue weighted by atomic mass is 35.5. The van der Waals surface area contributed by atoms with Crippen molar-refractivity contribution in [2.24, 2.45) is 5.73 Å². The van der Waals surface area contributed by atoms with Gasteiger partial charge >= 0.3 is 6.18 Å². The molecule has 6 N–H and O–H groups in total. The van der Waals surface area contributed by atoms with Crippen LogP contribution in [0, 0.1) is 11.2 Å². The van der Waals surface area contributed by atoms with Crippen molar-refractivity contribution in [3.63, 3.8) is 0 Å². The number of hydrogen-bond donors (Lipinski definition) is 4. The number of rotatable bonds is 6. The fourth-order valence-electron chi connectivity index (χ4n) is 2.44. The summed E-state index contributed by atoms with van der Waals surface area (Å²) < 4.78 is 59.1. The maximum atomic E-state index is 14.9. The van der Waals surface area contributed by atoms with E-state index < -0.39 is 40.5 Å². The van der Waals surface area contributed by atoms with Gasteiger partial charge in [-0.1, -0.05) is 23.2 Å². The molecule has 0 aliphatic heterocycles. The average Bonchev–Trinajstić information content (AvgIpc) is 2.64. The molecule has 1 aromatic heterocycles. The Hall–Kier alpha value is -3.05. The van der Waals surface area contributed by atoms with E-state index in [-0.39, 0.29) is 33.5 Å². The minimum absolute atomic E-state index is 0.0554. The van der Waals surface area contributed by atoms with Gasteiger partial charge in [-0.3, -0.25) is 10.2 Å². The number of hydrogen-bond acceptors (Lipinski definition) is 6. The average molecular weight is 494 g/mol. The first kappa shape index (κ1) is 25.2. The molecule has 0 radical (unpaired) electrons. The predicted molar refractivity (Wildman–Crippen MR) is 113 cm³/mol. The Balaban J connectivity index is 2.64. The highest BCUT2D eigenvalue weighted by molar-refractivity contribution is 6.68. The van der Waals surface area contributed by atoms with E-state index in [1.165, 1.54) is 19.1 Å². The minimum atomic E-state index is -4.78. The van der Waals surface area contributed by atoms with Gasteiger partial charge in [0.25, 0.3) is 5.91 Å². The molecule has 0 saturated heterocycles. The number of nitrogens with zero attached hydrogens (tertiary/aromatic N) is 1. The molecule has 32 heavy (non-hydrogen) atoms. The van der Waals surface area contributed by atoms with Crippen LogP contribution in [-0.2, 0) is 0 Å². The maximum Gasteiger partial charge on any atom is 0.425 e. The lowest BCUT2D eigenvalue weighted by Gasteiger charge is -2.21. The summed E-state index contributed by atoms with van der Waals surface area (Å²) in [5.74, 6) is -2.80. The van der Waals surface area contributed by atoms with Crippen LogP contribution >= 0.6 is 23.2 Å². The first-order valence-electron chi connectivity index (χ1n) is 8.73. The topological polar surface area (TPSA) is 127 Å². The van der Waals surface area contributed by atoms with Gasteiger partial charge in [-0.05, 0) is 38.1 Å². The van der Waals surface area contributed by atoms with Crippen molar-refractivity contribution in [1.82, 2.24) is 10.3 Å². The molecular formula is C19H17Cl2F4N5O2. The van der Waals surface area contributed by atoms with Crippen LogP contribution in [-0.4, -0.2) is 28.3 Å². The Kier molecular flexibility index (Phi) is 7.58. The zero-order valence-electron chi connectivity index (χ0n) is 16.6. The number of nitrogen functional groups attached to an aromatic ring is 1. The zero-order chi connectivity index (χ0) is 24.4. The lowest BCUT2D eigenvalue weighted by molar-refractivity contribution is -0.189. The molecule has 13 heteroatoms. The van der Waals surface area contributed by atoms with Gasteiger partial charge < -0.3 is 21.5 Å². The van der Waals surface area contributed by atoms with Crippen LogP contribution in [0.25, 0.3) is 11.3 Å². The number of carbonyl (C=O) groups excluding carboxylic acids is 1. The molecular weight excluding hydrogens is 477 g/mol. The number of pyridine rings is 1. The number of nitrogens with two attached hydrogens (primary N) is 2. The maximum absolute atomic E-state index is 14.9.